The second-order valence-electron chi connectivity index (χ2n) is 4.16. The number of nitrogen functional groups attached to an aromatic ring is 1. The number of aromatic nitrogens is 2. The monoisotopic (exact) mass is 313 g/mol. The highest BCUT2D eigenvalue weighted by atomic mass is 35.5. The van der Waals surface area contributed by atoms with E-state index in [1.54, 1.807) is 25.3 Å². The minimum absolute atomic E-state index is 0.280. The highest BCUT2D eigenvalue weighted by molar-refractivity contribution is 6.35. The summed E-state index contributed by atoms with van der Waals surface area (Å²) in [5.41, 5.74) is 6.78. The number of anilines is 1. The standard InChI is InChI=1S/C13H13Cl2N3O2/c1-20-3-2-18-12(11(15)7-17-18)13(19)8-4-9(14)6-10(16)5-8/h4-7H,2-3,16H2,1H3. The zero-order chi connectivity index (χ0) is 14.7. The maximum absolute atomic E-state index is 12.5. The molecule has 2 N–H and O–H groups in total. The van der Waals surface area contributed by atoms with Gasteiger partial charge >= 0.3 is 0 Å². The molecule has 0 bridgehead atoms. The second kappa shape index (κ2) is 6.26. The van der Waals surface area contributed by atoms with E-state index >= 15 is 0 Å². The molecule has 5 nitrogen and oxygen atoms in total. The van der Waals surface area contributed by atoms with Crippen molar-refractivity contribution in [2.75, 3.05) is 19.5 Å². The van der Waals surface area contributed by atoms with E-state index in [1.165, 1.54) is 10.9 Å². The molecule has 0 aliphatic carbocycles. The third-order valence-electron chi connectivity index (χ3n) is 2.70. The summed E-state index contributed by atoms with van der Waals surface area (Å²) in [6.45, 7) is 0.857. The van der Waals surface area contributed by atoms with Crippen molar-refractivity contribution in [3.63, 3.8) is 0 Å². The summed E-state index contributed by atoms with van der Waals surface area (Å²) in [5.74, 6) is -0.280. The molecular weight excluding hydrogens is 301 g/mol. The molecule has 106 valence electrons. The van der Waals surface area contributed by atoms with Gasteiger partial charge in [0.15, 0.2) is 0 Å². The normalized spacial score (nSPS) is 10.8. The number of benzene rings is 1. The van der Waals surface area contributed by atoms with Crippen LogP contribution in [0.25, 0.3) is 0 Å². The molecule has 1 aromatic heterocycles. The third kappa shape index (κ3) is 3.12. The van der Waals surface area contributed by atoms with Crippen molar-refractivity contribution in [3.8, 4) is 0 Å². The van der Waals surface area contributed by atoms with Crippen LogP contribution in [-0.4, -0.2) is 29.3 Å². The Morgan fingerprint density at radius 2 is 2.15 bits per heavy atom. The van der Waals surface area contributed by atoms with Gasteiger partial charge in [-0.2, -0.15) is 5.10 Å². The van der Waals surface area contributed by atoms with Crippen molar-refractivity contribution in [3.05, 3.63) is 45.7 Å². The van der Waals surface area contributed by atoms with Crippen LogP contribution in [0.15, 0.2) is 24.4 Å². The lowest BCUT2D eigenvalue weighted by Crippen LogP contribution is -2.15. The molecule has 0 spiro atoms. The maximum Gasteiger partial charge on any atom is 0.212 e. The fourth-order valence-electron chi connectivity index (χ4n) is 1.82. The highest BCUT2D eigenvalue weighted by Crippen LogP contribution is 2.23. The lowest BCUT2D eigenvalue weighted by atomic mass is 10.1. The van der Waals surface area contributed by atoms with Gasteiger partial charge in [0.05, 0.1) is 24.4 Å². The zero-order valence-corrected chi connectivity index (χ0v) is 12.3. The van der Waals surface area contributed by atoms with E-state index in [9.17, 15) is 4.79 Å². The average Bonchev–Trinajstić information content (AvgIpc) is 2.75. The molecule has 1 aromatic carbocycles. The summed E-state index contributed by atoms with van der Waals surface area (Å²) in [6.07, 6.45) is 1.43. The molecular formula is C13H13Cl2N3O2. The third-order valence-corrected chi connectivity index (χ3v) is 3.19. The molecule has 2 rings (SSSR count). The van der Waals surface area contributed by atoms with E-state index in [1.807, 2.05) is 0 Å². The molecule has 20 heavy (non-hydrogen) atoms. The summed E-state index contributed by atoms with van der Waals surface area (Å²) in [6, 6.07) is 4.67. The first-order valence-corrected chi connectivity index (χ1v) is 6.59. The molecule has 0 aliphatic heterocycles. The predicted molar refractivity (Wildman–Crippen MR) is 78.4 cm³/mol. The summed E-state index contributed by atoms with van der Waals surface area (Å²) in [5, 5.41) is 4.74. The molecule has 0 saturated heterocycles. The molecule has 0 aliphatic rings. The molecule has 2 aromatic rings. The maximum atomic E-state index is 12.5. The van der Waals surface area contributed by atoms with Crippen LogP contribution in [0.3, 0.4) is 0 Å². The first kappa shape index (κ1) is 14.8. The van der Waals surface area contributed by atoms with Crippen LogP contribution in [0.2, 0.25) is 10.0 Å². The Morgan fingerprint density at radius 1 is 1.40 bits per heavy atom. The summed E-state index contributed by atoms with van der Waals surface area (Å²) in [7, 11) is 1.57. The second-order valence-corrected chi connectivity index (χ2v) is 5.00. The lowest BCUT2D eigenvalue weighted by Gasteiger charge is -2.08. The minimum Gasteiger partial charge on any atom is -0.399 e. The Kier molecular flexibility index (Phi) is 4.65. The first-order chi connectivity index (χ1) is 9.52. The fraction of sp³-hybridized carbons (Fsp3) is 0.231. The van der Waals surface area contributed by atoms with Crippen LogP contribution < -0.4 is 5.73 Å². The van der Waals surface area contributed by atoms with Gasteiger partial charge in [0.1, 0.15) is 5.69 Å². The van der Waals surface area contributed by atoms with Crippen LogP contribution in [0.4, 0.5) is 5.69 Å². The van der Waals surface area contributed by atoms with Gasteiger partial charge < -0.3 is 10.5 Å². The summed E-state index contributed by atoms with van der Waals surface area (Å²) < 4.78 is 6.48. The van der Waals surface area contributed by atoms with Gasteiger partial charge in [-0.05, 0) is 18.2 Å². The van der Waals surface area contributed by atoms with Crippen LogP contribution >= 0.6 is 23.2 Å². The molecule has 0 radical (unpaired) electrons. The van der Waals surface area contributed by atoms with Crippen molar-refractivity contribution in [1.82, 2.24) is 9.78 Å². The van der Waals surface area contributed by atoms with E-state index < -0.39 is 0 Å². The van der Waals surface area contributed by atoms with Gasteiger partial charge in [0, 0.05) is 23.4 Å². The van der Waals surface area contributed by atoms with Crippen LogP contribution in [0.5, 0.6) is 0 Å². The molecule has 7 heteroatoms. The molecule has 1 heterocycles. The topological polar surface area (TPSA) is 70.1 Å². The minimum atomic E-state index is -0.280. The van der Waals surface area contributed by atoms with Crippen LogP contribution in [0, 0.1) is 0 Å². The Balaban J connectivity index is 2.39. The fourth-order valence-corrected chi connectivity index (χ4v) is 2.29. The summed E-state index contributed by atoms with van der Waals surface area (Å²) in [4.78, 5) is 12.5. The van der Waals surface area contributed by atoms with Crippen molar-refractivity contribution in [1.29, 1.82) is 0 Å². The van der Waals surface area contributed by atoms with E-state index in [0.717, 1.165) is 0 Å². The number of nitrogens with two attached hydrogens (primary N) is 1. The number of carbonyl (C=O) groups excluding carboxylic acids is 1. The lowest BCUT2D eigenvalue weighted by molar-refractivity contribution is 0.102. The van der Waals surface area contributed by atoms with Crippen molar-refractivity contribution in [2.24, 2.45) is 0 Å². The number of rotatable bonds is 5. The number of hydrogen-bond acceptors (Lipinski definition) is 4. The Bertz CT molecular complexity index is 620. The number of ketones is 1. The molecule has 0 saturated carbocycles. The van der Waals surface area contributed by atoms with Crippen LogP contribution in [0.1, 0.15) is 16.1 Å². The Labute approximate surface area is 126 Å². The van der Waals surface area contributed by atoms with E-state index in [-0.39, 0.29) is 10.8 Å². The van der Waals surface area contributed by atoms with Gasteiger partial charge in [-0.1, -0.05) is 23.2 Å². The van der Waals surface area contributed by atoms with Crippen molar-refractivity contribution in [2.45, 2.75) is 6.54 Å². The van der Waals surface area contributed by atoms with Gasteiger partial charge in [-0.25, -0.2) is 0 Å². The highest BCUT2D eigenvalue weighted by Gasteiger charge is 2.19. The van der Waals surface area contributed by atoms with Crippen molar-refractivity contribution < 1.29 is 9.53 Å². The van der Waals surface area contributed by atoms with Gasteiger partial charge in [0.2, 0.25) is 5.78 Å². The number of ether oxygens (including phenoxy) is 1. The quantitative estimate of drug-likeness (QED) is 0.680. The number of methoxy groups -OCH3 is 1. The van der Waals surface area contributed by atoms with Crippen LogP contribution in [-0.2, 0) is 11.3 Å². The zero-order valence-electron chi connectivity index (χ0n) is 10.8. The number of carbonyl (C=O) groups is 1. The number of nitrogens with zero attached hydrogens (tertiary/aromatic N) is 2. The number of halogens is 2. The first-order valence-electron chi connectivity index (χ1n) is 5.84. The largest absolute Gasteiger partial charge is 0.399 e. The Morgan fingerprint density at radius 3 is 2.80 bits per heavy atom. The predicted octanol–water partition coefficient (Wildman–Crippen LogP) is 2.65. The van der Waals surface area contributed by atoms with E-state index in [4.69, 9.17) is 33.7 Å². The smallest absolute Gasteiger partial charge is 0.212 e. The molecule has 0 amide bonds. The molecule has 0 fully saturated rings. The van der Waals surface area contributed by atoms with Gasteiger partial charge in [-0.15, -0.1) is 0 Å². The SMILES string of the molecule is COCCn1ncc(Cl)c1C(=O)c1cc(N)cc(Cl)c1. The van der Waals surface area contributed by atoms with Gasteiger partial charge in [0.25, 0.3) is 0 Å². The average molecular weight is 314 g/mol. The molecule has 0 atom stereocenters. The van der Waals surface area contributed by atoms with E-state index in [2.05, 4.69) is 5.10 Å². The molecule has 0 unspecified atom stereocenters. The number of hydrogen-bond donors (Lipinski definition) is 1. The summed E-state index contributed by atoms with van der Waals surface area (Å²) >= 11 is 12.0. The Hall–Kier alpha value is -1.56. The van der Waals surface area contributed by atoms with E-state index in [0.29, 0.717) is 35.1 Å². The van der Waals surface area contributed by atoms with Crippen molar-refractivity contribution >= 4 is 34.7 Å². The van der Waals surface area contributed by atoms with Gasteiger partial charge in [-0.3, -0.25) is 9.48 Å².